The summed E-state index contributed by atoms with van der Waals surface area (Å²) in [6.45, 7) is 4.04. The Morgan fingerprint density at radius 1 is 1.29 bits per heavy atom. The lowest BCUT2D eigenvalue weighted by atomic mass is 10.1. The maximum atomic E-state index is 12.0. The van der Waals surface area contributed by atoms with E-state index >= 15 is 0 Å². The highest BCUT2D eigenvalue weighted by Crippen LogP contribution is 2.20. The zero-order valence-electron chi connectivity index (χ0n) is 9.58. The van der Waals surface area contributed by atoms with Crippen molar-refractivity contribution in [3.05, 3.63) is 49.2 Å². The van der Waals surface area contributed by atoms with Crippen LogP contribution in [0.25, 0.3) is 0 Å². The van der Waals surface area contributed by atoms with Crippen LogP contribution in [0.15, 0.2) is 29.6 Å². The molecule has 0 atom stereocenters. The molecule has 2 rings (SSSR count). The molecular formula is C13H12INOS. The molecule has 0 radical (unpaired) electrons. The average Bonchev–Trinajstić information content (AvgIpc) is 2.69. The van der Waals surface area contributed by atoms with E-state index in [9.17, 15) is 4.79 Å². The summed E-state index contributed by atoms with van der Waals surface area (Å²) in [5.41, 5.74) is 3.88. The molecule has 0 aliphatic rings. The Balaban J connectivity index is 2.18. The number of carbonyl (C=O) groups excluding carboxylic acids is 1. The zero-order chi connectivity index (χ0) is 12.4. The van der Waals surface area contributed by atoms with Gasteiger partial charge in [-0.1, -0.05) is 17.7 Å². The van der Waals surface area contributed by atoms with Gasteiger partial charge in [0.2, 0.25) is 0 Å². The van der Waals surface area contributed by atoms with Crippen molar-refractivity contribution in [2.45, 2.75) is 13.8 Å². The van der Waals surface area contributed by atoms with Crippen molar-refractivity contribution in [2.75, 3.05) is 5.32 Å². The summed E-state index contributed by atoms with van der Waals surface area (Å²) in [5, 5.41) is 4.81. The van der Waals surface area contributed by atoms with Gasteiger partial charge in [-0.3, -0.25) is 4.79 Å². The van der Waals surface area contributed by atoms with Gasteiger partial charge in [0.15, 0.2) is 0 Å². The highest BCUT2D eigenvalue weighted by molar-refractivity contribution is 14.1. The molecule has 0 fully saturated rings. The molecule has 2 nitrogen and oxygen atoms in total. The lowest BCUT2D eigenvalue weighted by Crippen LogP contribution is -2.11. The third-order valence-corrected chi connectivity index (χ3v) is 4.25. The summed E-state index contributed by atoms with van der Waals surface area (Å²) in [5.74, 6) is -0.0453. The van der Waals surface area contributed by atoms with Crippen molar-refractivity contribution in [2.24, 2.45) is 0 Å². The topological polar surface area (TPSA) is 29.1 Å². The van der Waals surface area contributed by atoms with Gasteiger partial charge in [-0.15, -0.1) is 11.3 Å². The summed E-state index contributed by atoms with van der Waals surface area (Å²) in [7, 11) is 0. The van der Waals surface area contributed by atoms with E-state index < -0.39 is 0 Å². The monoisotopic (exact) mass is 357 g/mol. The van der Waals surface area contributed by atoms with Gasteiger partial charge < -0.3 is 5.32 Å². The fraction of sp³-hybridized carbons (Fsp3) is 0.154. The number of hydrogen-bond acceptors (Lipinski definition) is 2. The Morgan fingerprint density at radius 2 is 2.06 bits per heavy atom. The predicted octanol–water partition coefficient (Wildman–Crippen LogP) is 4.22. The maximum absolute atomic E-state index is 12.0. The smallest absolute Gasteiger partial charge is 0.256 e. The van der Waals surface area contributed by atoms with Crippen LogP contribution >= 0.6 is 33.9 Å². The minimum Gasteiger partial charge on any atom is -0.322 e. The van der Waals surface area contributed by atoms with Crippen molar-refractivity contribution in [1.82, 2.24) is 0 Å². The summed E-state index contributed by atoms with van der Waals surface area (Å²) >= 11 is 3.79. The number of halogens is 1. The lowest BCUT2D eigenvalue weighted by molar-refractivity contribution is 0.102. The first kappa shape index (κ1) is 12.6. The van der Waals surface area contributed by atoms with E-state index in [4.69, 9.17) is 0 Å². The average molecular weight is 357 g/mol. The number of anilines is 1. The van der Waals surface area contributed by atoms with E-state index in [1.54, 1.807) is 11.3 Å². The van der Waals surface area contributed by atoms with Crippen LogP contribution in [0.1, 0.15) is 21.5 Å². The number of thiophene rings is 1. The van der Waals surface area contributed by atoms with Crippen LogP contribution in [0.5, 0.6) is 0 Å². The molecule has 0 aliphatic carbocycles. The van der Waals surface area contributed by atoms with E-state index in [1.807, 2.05) is 37.4 Å². The Kier molecular flexibility index (Phi) is 3.83. The second-order valence-electron chi connectivity index (χ2n) is 3.91. The van der Waals surface area contributed by atoms with Crippen molar-refractivity contribution >= 4 is 45.5 Å². The van der Waals surface area contributed by atoms with Gasteiger partial charge in [0.1, 0.15) is 0 Å². The molecule has 0 unspecified atom stereocenters. The largest absolute Gasteiger partial charge is 0.322 e. The highest BCUT2D eigenvalue weighted by atomic mass is 127. The maximum Gasteiger partial charge on any atom is 0.256 e. The lowest BCUT2D eigenvalue weighted by Gasteiger charge is -2.08. The number of benzene rings is 1. The van der Waals surface area contributed by atoms with Gasteiger partial charge in [0.25, 0.3) is 5.91 Å². The number of hydrogen-bond donors (Lipinski definition) is 1. The van der Waals surface area contributed by atoms with E-state index in [0.29, 0.717) is 0 Å². The van der Waals surface area contributed by atoms with E-state index in [2.05, 4.69) is 34.0 Å². The summed E-state index contributed by atoms with van der Waals surface area (Å²) in [4.78, 5) is 12.0. The van der Waals surface area contributed by atoms with Crippen LogP contribution in [-0.2, 0) is 0 Å². The van der Waals surface area contributed by atoms with Gasteiger partial charge in [-0.2, -0.15) is 0 Å². The summed E-state index contributed by atoms with van der Waals surface area (Å²) in [6.07, 6.45) is 0. The number of amides is 1. The fourth-order valence-electron chi connectivity index (χ4n) is 1.58. The highest BCUT2D eigenvalue weighted by Gasteiger charge is 2.09. The van der Waals surface area contributed by atoms with Crippen molar-refractivity contribution < 1.29 is 4.79 Å². The van der Waals surface area contributed by atoms with Gasteiger partial charge in [0.05, 0.1) is 8.45 Å². The van der Waals surface area contributed by atoms with Gasteiger partial charge >= 0.3 is 0 Å². The van der Waals surface area contributed by atoms with E-state index in [-0.39, 0.29) is 5.91 Å². The molecule has 17 heavy (non-hydrogen) atoms. The van der Waals surface area contributed by atoms with Crippen LogP contribution in [0.3, 0.4) is 0 Å². The molecular weight excluding hydrogens is 345 g/mol. The molecule has 1 aromatic carbocycles. The van der Waals surface area contributed by atoms with E-state index in [1.165, 1.54) is 5.56 Å². The molecule has 1 N–H and O–H groups in total. The third-order valence-electron chi connectivity index (χ3n) is 2.46. The quantitative estimate of drug-likeness (QED) is 0.801. The van der Waals surface area contributed by atoms with Crippen LogP contribution in [0, 0.1) is 16.7 Å². The van der Waals surface area contributed by atoms with Crippen LogP contribution in [0.2, 0.25) is 0 Å². The SMILES string of the molecule is Cc1ccc(NC(=O)c2csc(I)c2)c(C)c1. The van der Waals surface area contributed by atoms with Crippen LogP contribution < -0.4 is 5.32 Å². The first-order valence-corrected chi connectivity index (χ1v) is 7.15. The number of rotatable bonds is 2. The third kappa shape index (κ3) is 3.07. The standard InChI is InChI=1S/C13H12INOS/c1-8-3-4-11(9(2)5-8)15-13(16)10-6-12(14)17-7-10/h3-7H,1-2H3,(H,15,16). The normalized spacial score (nSPS) is 10.3. The second kappa shape index (κ2) is 5.18. The molecule has 1 aromatic heterocycles. The molecule has 1 amide bonds. The predicted molar refractivity (Wildman–Crippen MR) is 80.9 cm³/mol. The van der Waals surface area contributed by atoms with Gasteiger partial charge in [-0.05, 0) is 54.1 Å². The Labute approximate surface area is 118 Å². The van der Waals surface area contributed by atoms with Crippen LogP contribution in [-0.4, -0.2) is 5.91 Å². The fourth-order valence-corrected chi connectivity index (χ4v) is 2.90. The molecule has 0 spiro atoms. The van der Waals surface area contributed by atoms with Crippen LogP contribution in [0.4, 0.5) is 5.69 Å². The minimum absolute atomic E-state index is 0.0453. The molecule has 1 heterocycles. The Morgan fingerprint density at radius 3 is 2.65 bits per heavy atom. The minimum atomic E-state index is -0.0453. The summed E-state index contributed by atoms with van der Waals surface area (Å²) < 4.78 is 1.12. The second-order valence-corrected chi connectivity index (χ2v) is 6.72. The van der Waals surface area contributed by atoms with Gasteiger partial charge in [-0.25, -0.2) is 0 Å². The molecule has 0 bridgehead atoms. The van der Waals surface area contributed by atoms with Crippen molar-refractivity contribution in [1.29, 1.82) is 0 Å². The zero-order valence-corrected chi connectivity index (χ0v) is 12.6. The molecule has 0 aliphatic heterocycles. The Bertz CT molecular complexity index is 562. The number of nitrogens with one attached hydrogen (secondary N) is 1. The summed E-state index contributed by atoms with van der Waals surface area (Å²) in [6, 6.07) is 7.90. The molecule has 0 saturated heterocycles. The van der Waals surface area contributed by atoms with Crippen molar-refractivity contribution in [3.63, 3.8) is 0 Å². The van der Waals surface area contributed by atoms with Crippen molar-refractivity contribution in [3.8, 4) is 0 Å². The first-order chi connectivity index (χ1) is 8.06. The molecule has 88 valence electrons. The molecule has 0 saturated carbocycles. The van der Waals surface area contributed by atoms with Gasteiger partial charge in [0, 0.05) is 11.1 Å². The van der Waals surface area contributed by atoms with E-state index in [0.717, 1.165) is 19.7 Å². The number of carbonyl (C=O) groups is 1. The first-order valence-electron chi connectivity index (χ1n) is 5.19. The molecule has 4 heteroatoms. The number of aryl methyl sites for hydroxylation is 2. The Hall–Kier alpha value is -0.880. The molecule has 2 aromatic rings.